The van der Waals surface area contributed by atoms with E-state index in [2.05, 4.69) is 4.98 Å². The smallest absolute Gasteiger partial charge is 0.131 e. The molecule has 4 heteroatoms. The highest BCUT2D eigenvalue weighted by Gasteiger charge is 1.97. The number of aryl methyl sites for hydroxylation is 1. The van der Waals surface area contributed by atoms with Gasteiger partial charge in [-0.1, -0.05) is 11.6 Å². The monoisotopic (exact) mass is 193 g/mol. The molecule has 0 saturated heterocycles. The van der Waals surface area contributed by atoms with Gasteiger partial charge in [-0.25, -0.2) is 4.98 Å². The Bertz CT molecular complexity index is 239. The van der Waals surface area contributed by atoms with E-state index in [9.17, 15) is 0 Å². The Morgan fingerprint density at radius 3 is 2.80 bits per heavy atom. The minimum Gasteiger partial charge on any atom is -0.243 e. The van der Waals surface area contributed by atoms with Crippen LogP contribution >= 0.6 is 33.3 Å². The molecule has 1 aromatic rings. The van der Waals surface area contributed by atoms with Crippen LogP contribution in [0.1, 0.15) is 5.56 Å². The van der Waals surface area contributed by atoms with Crippen molar-refractivity contribution in [2.24, 2.45) is 0 Å². The maximum atomic E-state index is 5.67. The van der Waals surface area contributed by atoms with Crippen LogP contribution in [-0.2, 0) is 0 Å². The summed E-state index contributed by atoms with van der Waals surface area (Å²) in [5.41, 5.74) is 0.951. The summed E-state index contributed by atoms with van der Waals surface area (Å²) >= 11 is 5.67. The number of pyridine rings is 1. The third kappa shape index (κ3) is 1.78. The van der Waals surface area contributed by atoms with E-state index in [0.29, 0.717) is 5.15 Å². The summed E-state index contributed by atoms with van der Waals surface area (Å²) < 4.78 is 0. The second kappa shape index (κ2) is 3.46. The third-order valence-electron chi connectivity index (χ3n) is 1.08. The second-order valence-electron chi connectivity index (χ2n) is 1.86. The lowest BCUT2D eigenvalue weighted by Crippen LogP contribution is -1.80. The van der Waals surface area contributed by atoms with Crippen LogP contribution in [-0.4, -0.2) is 4.98 Å². The number of hydrogen-bond acceptors (Lipinski definition) is 2. The maximum Gasteiger partial charge on any atom is 0.131 e. The first-order valence-electron chi connectivity index (χ1n) is 2.65. The van der Waals surface area contributed by atoms with Crippen LogP contribution in [0.3, 0.4) is 0 Å². The Kier molecular flexibility index (Phi) is 2.83. The van der Waals surface area contributed by atoms with E-state index in [4.69, 9.17) is 22.3 Å². The molecule has 54 valence electrons. The van der Waals surface area contributed by atoms with Gasteiger partial charge in [0, 0.05) is 11.1 Å². The summed E-state index contributed by atoms with van der Waals surface area (Å²) in [6.07, 6.45) is 1.65. The van der Waals surface area contributed by atoms with Crippen LogP contribution < -0.4 is 0 Å². The van der Waals surface area contributed by atoms with Gasteiger partial charge in [0.05, 0.1) is 0 Å². The third-order valence-corrected chi connectivity index (χ3v) is 2.41. The molecule has 10 heavy (non-hydrogen) atoms. The van der Waals surface area contributed by atoms with Crippen molar-refractivity contribution in [2.45, 2.75) is 11.8 Å². The van der Waals surface area contributed by atoms with Crippen molar-refractivity contribution >= 4 is 33.3 Å². The summed E-state index contributed by atoms with van der Waals surface area (Å²) in [5.74, 6) is 0. The van der Waals surface area contributed by atoms with Gasteiger partial charge in [0.2, 0.25) is 0 Å². The minimum absolute atomic E-state index is 0.537. The number of aromatic nitrogens is 1. The molecule has 0 fully saturated rings. The first-order chi connectivity index (χ1) is 4.74. The predicted octanol–water partition coefficient (Wildman–Crippen LogP) is 3.29. The van der Waals surface area contributed by atoms with Gasteiger partial charge >= 0.3 is 0 Å². The summed E-state index contributed by atoms with van der Waals surface area (Å²) in [6.45, 7) is 1.89. The molecule has 0 radical (unpaired) electrons. The summed E-state index contributed by atoms with van der Waals surface area (Å²) in [7, 11) is 6.63. The average Bonchev–Trinajstić information content (AvgIpc) is 1.95. The zero-order chi connectivity index (χ0) is 7.56. The molecule has 0 saturated carbocycles. The zero-order valence-corrected chi connectivity index (χ0v) is 7.59. The summed E-state index contributed by atoms with van der Waals surface area (Å²) in [5, 5.41) is 0.537. The molecule has 0 bridgehead atoms. The highest BCUT2D eigenvalue weighted by molar-refractivity contribution is 8.21. The van der Waals surface area contributed by atoms with E-state index >= 15 is 0 Å². The first kappa shape index (κ1) is 8.18. The lowest BCUT2D eigenvalue weighted by molar-refractivity contribution is 1.19. The molecule has 0 spiro atoms. The van der Waals surface area contributed by atoms with E-state index in [1.54, 1.807) is 6.20 Å². The van der Waals surface area contributed by atoms with Crippen molar-refractivity contribution < 1.29 is 0 Å². The molecule has 0 aliphatic rings. The van der Waals surface area contributed by atoms with Gasteiger partial charge < -0.3 is 0 Å². The molecule has 0 unspecified atom stereocenters. The van der Waals surface area contributed by atoms with Crippen LogP contribution in [0.15, 0.2) is 17.2 Å². The van der Waals surface area contributed by atoms with E-state index in [0.717, 1.165) is 21.4 Å². The number of hydrogen-bond donors (Lipinski definition) is 0. The second-order valence-corrected chi connectivity index (χ2v) is 3.30. The molecule has 0 atom stereocenters. The zero-order valence-electron chi connectivity index (χ0n) is 5.27. The fraction of sp³-hybridized carbons (Fsp3) is 0.167. The first-order valence-corrected chi connectivity index (χ1v) is 4.67. The summed E-state index contributed by atoms with van der Waals surface area (Å²) in [6, 6.07) is 1.90. The van der Waals surface area contributed by atoms with Gasteiger partial charge in [-0.05, 0) is 40.2 Å². The van der Waals surface area contributed by atoms with Crippen molar-refractivity contribution in [1.29, 1.82) is 0 Å². The lowest BCUT2D eigenvalue weighted by Gasteiger charge is -1.96. The normalized spacial score (nSPS) is 9.90. The Hall–Kier alpha value is 0.0800. The molecule has 1 rings (SSSR count). The van der Waals surface area contributed by atoms with Crippen molar-refractivity contribution in [1.82, 2.24) is 4.98 Å². The maximum absolute atomic E-state index is 5.67. The van der Waals surface area contributed by atoms with Gasteiger partial charge in [-0.15, -0.1) is 0 Å². The highest BCUT2D eigenvalue weighted by Crippen LogP contribution is 2.23. The van der Waals surface area contributed by atoms with Crippen molar-refractivity contribution in [3.63, 3.8) is 0 Å². The van der Waals surface area contributed by atoms with E-state index in [1.165, 1.54) is 0 Å². The van der Waals surface area contributed by atoms with E-state index in [1.807, 2.05) is 13.0 Å². The Balaban J connectivity index is 3.04. The largest absolute Gasteiger partial charge is 0.243 e. The van der Waals surface area contributed by atoms with Crippen LogP contribution in [0, 0.1) is 6.92 Å². The van der Waals surface area contributed by atoms with Gasteiger partial charge in [-0.2, -0.15) is 0 Å². The van der Waals surface area contributed by atoms with E-state index in [-0.39, 0.29) is 0 Å². The number of halogens is 2. The van der Waals surface area contributed by atoms with Crippen LogP contribution in [0.25, 0.3) is 0 Å². The molecule has 0 aliphatic heterocycles. The lowest BCUT2D eigenvalue weighted by atomic mass is 10.3. The molecule has 0 N–H and O–H groups in total. The highest BCUT2D eigenvalue weighted by atomic mass is 35.7. The minimum atomic E-state index is 0.537. The van der Waals surface area contributed by atoms with Gasteiger partial charge in [0.15, 0.2) is 0 Å². The summed E-state index contributed by atoms with van der Waals surface area (Å²) in [4.78, 5) is 4.83. The van der Waals surface area contributed by atoms with Crippen LogP contribution in [0.4, 0.5) is 0 Å². The molecular weight excluding hydrogens is 189 g/mol. The standard InChI is InChI=1S/C6H5Cl2NS/c1-4-2-5(10-8)3-9-6(4)7/h2-3H,1H3. The SMILES string of the molecule is Cc1cc(SCl)cnc1Cl. The molecule has 1 heterocycles. The topological polar surface area (TPSA) is 12.9 Å². The molecule has 0 aliphatic carbocycles. The Labute approximate surface area is 73.2 Å². The molecule has 0 amide bonds. The van der Waals surface area contributed by atoms with Crippen molar-refractivity contribution in [3.8, 4) is 0 Å². The Morgan fingerprint density at radius 2 is 2.30 bits per heavy atom. The fourth-order valence-electron chi connectivity index (χ4n) is 0.575. The Morgan fingerprint density at radius 1 is 1.60 bits per heavy atom. The number of rotatable bonds is 1. The predicted molar refractivity (Wildman–Crippen MR) is 45.7 cm³/mol. The molecule has 1 nitrogen and oxygen atoms in total. The van der Waals surface area contributed by atoms with E-state index < -0.39 is 0 Å². The van der Waals surface area contributed by atoms with Crippen molar-refractivity contribution in [3.05, 3.63) is 23.0 Å². The van der Waals surface area contributed by atoms with Gasteiger partial charge in [0.1, 0.15) is 5.15 Å². The molecular formula is C6H5Cl2NS. The van der Waals surface area contributed by atoms with Gasteiger partial charge in [0.25, 0.3) is 0 Å². The fourth-order valence-corrected chi connectivity index (χ4v) is 1.24. The molecule has 1 aromatic heterocycles. The average molecular weight is 194 g/mol. The van der Waals surface area contributed by atoms with Crippen LogP contribution in [0.2, 0.25) is 5.15 Å². The quantitative estimate of drug-likeness (QED) is 0.636. The van der Waals surface area contributed by atoms with Crippen molar-refractivity contribution in [2.75, 3.05) is 0 Å². The number of nitrogens with zero attached hydrogens (tertiary/aromatic N) is 1. The molecule has 0 aromatic carbocycles. The van der Waals surface area contributed by atoms with Crippen LogP contribution in [0.5, 0.6) is 0 Å². The van der Waals surface area contributed by atoms with Gasteiger partial charge in [-0.3, -0.25) is 0 Å².